The normalized spacial score (nSPS) is 15.6. The number of hydrogen-bond donors (Lipinski definition) is 5. The van der Waals surface area contributed by atoms with Gasteiger partial charge in [-0.25, -0.2) is 4.79 Å². The zero-order valence-corrected chi connectivity index (χ0v) is 15.9. The standard InChI is InChI=1S/C20H25BN2O6/c22-16(13-4-2-1-3-5-13)12-23-10-15(11-23)29-17-7-6-14(8-9-21(27)28)19(24)18(17)20(25)26/h1-7,15-16,24,27-28H,8-12,22H2,(H,25,26)/t16-/m0/s1. The van der Waals surface area contributed by atoms with Gasteiger partial charge >= 0.3 is 13.1 Å². The Balaban J connectivity index is 1.59. The van der Waals surface area contributed by atoms with E-state index in [2.05, 4.69) is 4.90 Å². The summed E-state index contributed by atoms with van der Waals surface area (Å²) < 4.78 is 5.80. The lowest BCUT2D eigenvalue weighted by atomic mass is 9.82. The number of benzene rings is 2. The molecule has 1 heterocycles. The van der Waals surface area contributed by atoms with E-state index in [4.69, 9.17) is 20.5 Å². The quantitative estimate of drug-likeness (QED) is 0.391. The van der Waals surface area contributed by atoms with Crippen LogP contribution >= 0.6 is 0 Å². The van der Waals surface area contributed by atoms with Crippen molar-refractivity contribution >= 4 is 13.1 Å². The van der Waals surface area contributed by atoms with Gasteiger partial charge in [0, 0.05) is 25.7 Å². The largest absolute Gasteiger partial charge is 0.507 e. The molecule has 6 N–H and O–H groups in total. The molecule has 1 atom stereocenters. The molecule has 0 aliphatic carbocycles. The summed E-state index contributed by atoms with van der Waals surface area (Å²) in [7, 11) is -1.53. The van der Waals surface area contributed by atoms with Crippen LogP contribution in [0.4, 0.5) is 0 Å². The minimum atomic E-state index is -1.53. The van der Waals surface area contributed by atoms with E-state index in [1.54, 1.807) is 6.07 Å². The van der Waals surface area contributed by atoms with Crippen molar-refractivity contribution < 1.29 is 29.8 Å². The fraction of sp³-hybridized carbons (Fsp3) is 0.350. The molecule has 0 radical (unpaired) electrons. The Hall–Kier alpha value is -2.59. The molecule has 29 heavy (non-hydrogen) atoms. The van der Waals surface area contributed by atoms with Crippen LogP contribution in [0, 0.1) is 0 Å². The second-order valence-corrected chi connectivity index (χ2v) is 7.25. The molecule has 1 aliphatic rings. The van der Waals surface area contributed by atoms with Gasteiger partial charge in [-0.15, -0.1) is 0 Å². The summed E-state index contributed by atoms with van der Waals surface area (Å²) in [5, 5.41) is 37.7. The fourth-order valence-corrected chi connectivity index (χ4v) is 3.42. The predicted molar refractivity (Wildman–Crippen MR) is 108 cm³/mol. The number of carboxylic acids is 1. The van der Waals surface area contributed by atoms with Gasteiger partial charge < -0.3 is 30.7 Å². The van der Waals surface area contributed by atoms with Crippen LogP contribution in [0.25, 0.3) is 0 Å². The zero-order valence-electron chi connectivity index (χ0n) is 15.9. The maximum absolute atomic E-state index is 11.6. The van der Waals surface area contributed by atoms with Gasteiger partial charge in [-0.3, -0.25) is 4.90 Å². The first kappa shape index (κ1) is 21.1. The van der Waals surface area contributed by atoms with E-state index in [9.17, 15) is 15.0 Å². The lowest BCUT2D eigenvalue weighted by Crippen LogP contribution is -2.55. The molecule has 0 saturated carbocycles. The third-order valence-electron chi connectivity index (χ3n) is 5.01. The van der Waals surface area contributed by atoms with Crippen molar-refractivity contribution in [1.29, 1.82) is 0 Å². The third kappa shape index (κ3) is 5.27. The van der Waals surface area contributed by atoms with E-state index in [0.29, 0.717) is 25.2 Å². The van der Waals surface area contributed by atoms with Crippen LogP contribution in [0.1, 0.15) is 27.5 Å². The van der Waals surface area contributed by atoms with Crippen LogP contribution < -0.4 is 10.5 Å². The average molecular weight is 400 g/mol. The Bertz CT molecular complexity index is 842. The maximum atomic E-state index is 11.6. The summed E-state index contributed by atoms with van der Waals surface area (Å²) in [6, 6.07) is 12.7. The van der Waals surface area contributed by atoms with E-state index in [1.165, 1.54) is 6.07 Å². The minimum Gasteiger partial charge on any atom is -0.507 e. The molecule has 0 amide bonds. The van der Waals surface area contributed by atoms with Crippen molar-refractivity contribution in [3.63, 3.8) is 0 Å². The van der Waals surface area contributed by atoms with Crippen molar-refractivity contribution in [3.05, 3.63) is 59.2 Å². The second kappa shape index (κ2) is 9.28. The topological polar surface area (TPSA) is 136 Å². The summed E-state index contributed by atoms with van der Waals surface area (Å²) >= 11 is 0. The average Bonchev–Trinajstić information content (AvgIpc) is 2.65. The van der Waals surface area contributed by atoms with Crippen molar-refractivity contribution in [2.45, 2.75) is 24.9 Å². The number of aromatic carboxylic acids is 1. The zero-order chi connectivity index (χ0) is 21.0. The molecular weight excluding hydrogens is 375 g/mol. The number of aryl methyl sites for hydroxylation is 1. The SMILES string of the molecule is N[C@@H](CN1CC(Oc2ccc(CCB(O)O)c(O)c2C(=O)O)C1)c1ccccc1. The number of carboxylic acid groups (broad SMARTS) is 1. The molecule has 1 fully saturated rings. The highest BCUT2D eigenvalue weighted by Crippen LogP contribution is 2.34. The summed E-state index contributed by atoms with van der Waals surface area (Å²) in [4.78, 5) is 13.7. The van der Waals surface area contributed by atoms with Gasteiger partial charge in [0.25, 0.3) is 0 Å². The molecule has 1 aliphatic heterocycles. The number of ether oxygens (including phenoxy) is 1. The molecule has 0 unspecified atom stereocenters. The van der Waals surface area contributed by atoms with Gasteiger partial charge in [-0.1, -0.05) is 36.4 Å². The molecule has 8 nitrogen and oxygen atoms in total. The highest BCUT2D eigenvalue weighted by Gasteiger charge is 2.31. The molecular formula is C20H25BN2O6. The molecule has 3 rings (SSSR count). The van der Waals surface area contributed by atoms with Crippen molar-refractivity contribution in [2.24, 2.45) is 5.73 Å². The van der Waals surface area contributed by atoms with Gasteiger partial charge in [0.1, 0.15) is 23.2 Å². The number of carbonyl (C=O) groups is 1. The minimum absolute atomic E-state index is 0.00786. The first-order valence-electron chi connectivity index (χ1n) is 9.49. The van der Waals surface area contributed by atoms with Crippen molar-refractivity contribution in [1.82, 2.24) is 4.90 Å². The number of rotatable bonds is 9. The number of aromatic hydroxyl groups is 1. The van der Waals surface area contributed by atoms with Crippen molar-refractivity contribution in [3.8, 4) is 11.5 Å². The Morgan fingerprint density at radius 3 is 2.52 bits per heavy atom. The van der Waals surface area contributed by atoms with Crippen LogP contribution in [-0.2, 0) is 6.42 Å². The first-order valence-corrected chi connectivity index (χ1v) is 9.49. The number of phenols is 1. The highest BCUT2D eigenvalue weighted by atomic mass is 16.5. The number of hydrogen-bond acceptors (Lipinski definition) is 7. The van der Waals surface area contributed by atoms with Crippen LogP contribution in [-0.4, -0.2) is 64.0 Å². The van der Waals surface area contributed by atoms with E-state index >= 15 is 0 Å². The third-order valence-corrected chi connectivity index (χ3v) is 5.01. The maximum Gasteiger partial charge on any atom is 0.451 e. The lowest BCUT2D eigenvalue weighted by molar-refractivity contribution is 0.0153. The molecule has 2 aromatic rings. The van der Waals surface area contributed by atoms with Crippen LogP contribution in [0.2, 0.25) is 6.32 Å². The summed E-state index contributed by atoms with van der Waals surface area (Å²) in [6.45, 7) is 1.89. The van der Waals surface area contributed by atoms with Gasteiger partial charge in [-0.05, 0) is 29.9 Å². The Morgan fingerprint density at radius 2 is 1.90 bits per heavy atom. The van der Waals surface area contributed by atoms with E-state index < -0.39 is 18.8 Å². The van der Waals surface area contributed by atoms with Crippen LogP contribution in [0.5, 0.6) is 11.5 Å². The molecule has 2 aromatic carbocycles. The van der Waals surface area contributed by atoms with Gasteiger partial charge in [-0.2, -0.15) is 0 Å². The van der Waals surface area contributed by atoms with E-state index in [1.807, 2.05) is 30.3 Å². The highest BCUT2D eigenvalue weighted by molar-refractivity contribution is 6.41. The summed E-state index contributed by atoms with van der Waals surface area (Å²) in [5.74, 6) is -1.61. The summed E-state index contributed by atoms with van der Waals surface area (Å²) in [5.41, 5.74) is 7.29. The van der Waals surface area contributed by atoms with Gasteiger partial charge in [0.2, 0.25) is 0 Å². The van der Waals surface area contributed by atoms with Gasteiger partial charge in [0.05, 0.1) is 0 Å². The monoisotopic (exact) mass is 400 g/mol. The first-order chi connectivity index (χ1) is 13.8. The van der Waals surface area contributed by atoms with E-state index in [-0.39, 0.29) is 36.2 Å². The van der Waals surface area contributed by atoms with Crippen LogP contribution in [0.15, 0.2) is 42.5 Å². The Morgan fingerprint density at radius 1 is 1.21 bits per heavy atom. The molecule has 0 aromatic heterocycles. The molecule has 9 heteroatoms. The molecule has 1 saturated heterocycles. The summed E-state index contributed by atoms with van der Waals surface area (Å²) in [6.07, 6.45) is -0.0642. The molecule has 0 bridgehead atoms. The number of nitrogens with zero attached hydrogens (tertiary/aromatic N) is 1. The molecule has 0 spiro atoms. The number of likely N-dealkylation sites (tertiary alicyclic amines) is 1. The predicted octanol–water partition coefficient (Wildman–Crippen LogP) is 0.869. The number of nitrogens with two attached hydrogens (primary N) is 1. The van der Waals surface area contributed by atoms with Crippen molar-refractivity contribution in [2.75, 3.05) is 19.6 Å². The van der Waals surface area contributed by atoms with Crippen LogP contribution in [0.3, 0.4) is 0 Å². The van der Waals surface area contributed by atoms with E-state index in [0.717, 1.165) is 5.56 Å². The second-order valence-electron chi connectivity index (χ2n) is 7.25. The Kier molecular flexibility index (Phi) is 6.76. The lowest BCUT2D eigenvalue weighted by Gasteiger charge is -2.40. The molecule has 154 valence electrons. The van der Waals surface area contributed by atoms with Gasteiger partial charge in [0.15, 0.2) is 0 Å². The Labute approximate surface area is 169 Å². The fourth-order valence-electron chi connectivity index (χ4n) is 3.42. The smallest absolute Gasteiger partial charge is 0.451 e.